The second-order valence-electron chi connectivity index (χ2n) is 3.90. The first kappa shape index (κ1) is 10.2. The molecule has 8 nitrogen and oxygen atoms in total. The van der Waals surface area contributed by atoms with Crippen molar-refractivity contribution in [1.29, 1.82) is 5.26 Å². The van der Waals surface area contributed by atoms with Crippen LogP contribution in [-0.4, -0.2) is 20.3 Å². The molecule has 0 radical (unpaired) electrons. The number of rotatable bonds is 0. The Balaban J connectivity index is 2.57. The Morgan fingerprint density at radius 3 is 2.89 bits per heavy atom. The Morgan fingerprint density at radius 1 is 1.39 bits per heavy atom. The fourth-order valence-electron chi connectivity index (χ4n) is 1.83. The van der Waals surface area contributed by atoms with Crippen LogP contribution in [0.4, 0.5) is 11.5 Å². The molecule has 0 aliphatic rings. The predicted octanol–water partition coefficient (Wildman–Crippen LogP) is -0.564. The summed E-state index contributed by atoms with van der Waals surface area (Å²) in [6.45, 7) is 1.89. The number of nitrogens with zero attached hydrogens (tertiary/aromatic N) is 5. The Kier molecular flexibility index (Phi) is 1.86. The third-order valence-electron chi connectivity index (χ3n) is 2.66. The molecule has 0 unspecified atom stereocenters. The molecule has 3 rings (SSSR count). The maximum atomic E-state index is 8.96. The van der Waals surface area contributed by atoms with Crippen LogP contribution in [0.3, 0.4) is 0 Å². The van der Waals surface area contributed by atoms with E-state index < -0.39 is 0 Å². The van der Waals surface area contributed by atoms with Gasteiger partial charge in [0.15, 0.2) is 0 Å². The van der Waals surface area contributed by atoms with Crippen LogP contribution in [0.5, 0.6) is 0 Å². The number of aryl methyl sites for hydroxylation is 1. The Morgan fingerprint density at radius 2 is 2.17 bits per heavy atom. The van der Waals surface area contributed by atoms with Crippen LogP contribution in [0.25, 0.3) is 16.8 Å². The van der Waals surface area contributed by atoms with Crippen LogP contribution in [-0.2, 0) is 0 Å². The van der Waals surface area contributed by atoms with Gasteiger partial charge in [-0.3, -0.25) is 0 Å². The van der Waals surface area contributed by atoms with Gasteiger partial charge in [-0.15, -0.1) is 4.52 Å². The van der Waals surface area contributed by atoms with E-state index >= 15 is 0 Å². The second kappa shape index (κ2) is 3.27. The average molecular weight is 241 g/mol. The number of hydrogen-bond donors (Lipinski definition) is 3. The summed E-state index contributed by atoms with van der Waals surface area (Å²) in [4.78, 5) is 4.15. The van der Waals surface area contributed by atoms with Gasteiger partial charge in [0, 0.05) is 16.9 Å². The first-order valence-corrected chi connectivity index (χ1v) is 5.14. The maximum Gasteiger partial charge on any atom is 0.318 e. The van der Waals surface area contributed by atoms with E-state index in [1.54, 1.807) is 4.52 Å². The van der Waals surface area contributed by atoms with Gasteiger partial charge in [-0.05, 0) is 6.92 Å². The lowest BCUT2D eigenvalue weighted by Crippen LogP contribution is -2.28. The summed E-state index contributed by atoms with van der Waals surface area (Å²) in [6.07, 6.45) is 0. The molecule has 0 saturated carbocycles. The molecule has 8 heteroatoms. The van der Waals surface area contributed by atoms with E-state index in [1.807, 2.05) is 19.1 Å². The van der Waals surface area contributed by atoms with Crippen LogP contribution >= 0.6 is 0 Å². The van der Waals surface area contributed by atoms with Crippen LogP contribution in [0.15, 0.2) is 6.07 Å². The molecule has 5 N–H and O–H groups in total. The molecule has 88 valence electrons. The zero-order valence-electron chi connectivity index (χ0n) is 9.47. The number of aromatic nitrogens is 5. The second-order valence-corrected chi connectivity index (χ2v) is 3.90. The van der Waals surface area contributed by atoms with Crippen molar-refractivity contribution in [3.63, 3.8) is 0 Å². The normalized spacial score (nSPS) is 10.9. The van der Waals surface area contributed by atoms with Crippen molar-refractivity contribution < 1.29 is 4.52 Å². The highest BCUT2D eigenvalue weighted by atomic mass is 15.3. The molecule has 0 amide bonds. The first-order chi connectivity index (χ1) is 8.61. The fourth-order valence-corrected chi connectivity index (χ4v) is 1.83. The number of nitrogens with two attached hydrogens (primary N) is 2. The highest BCUT2D eigenvalue weighted by Crippen LogP contribution is 2.22. The van der Waals surface area contributed by atoms with Crippen molar-refractivity contribution in [3.05, 3.63) is 17.3 Å². The molecule has 0 fully saturated rings. The summed E-state index contributed by atoms with van der Waals surface area (Å²) in [5.74, 6) is 0.0801. The number of fused-ring (bicyclic) bond motifs is 3. The number of anilines is 2. The third kappa shape index (κ3) is 1.18. The summed E-state index contributed by atoms with van der Waals surface area (Å²) in [5.41, 5.74) is 14.2. The van der Waals surface area contributed by atoms with Crippen molar-refractivity contribution in [3.8, 4) is 6.07 Å². The Hall–Kier alpha value is -2.95. The van der Waals surface area contributed by atoms with Gasteiger partial charge in [0.05, 0.1) is 5.69 Å². The van der Waals surface area contributed by atoms with Gasteiger partial charge >= 0.3 is 11.3 Å². The van der Waals surface area contributed by atoms with Crippen LogP contribution in [0.1, 0.15) is 11.3 Å². The number of aromatic amines is 1. The van der Waals surface area contributed by atoms with Crippen LogP contribution < -0.4 is 16.0 Å². The monoisotopic (exact) mass is 241 g/mol. The van der Waals surface area contributed by atoms with Crippen molar-refractivity contribution >= 4 is 28.3 Å². The molecule has 0 aliphatic carbocycles. The average Bonchev–Trinajstić information content (AvgIpc) is 2.70. The van der Waals surface area contributed by atoms with Gasteiger partial charge in [0.1, 0.15) is 11.6 Å². The minimum atomic E-state index is 0.0801. The molecule has 0 aliphatic heterocycles. The smallest absolute Gasteiger partial charge is 0.318 e. The molecule has 3 aromatic heterocycles. The molecule has 3 heterocycles. The van der Waals surface area contributed by atoms with E-state index in [0.717, 1.165) is 5.69 Å². The summed E-state index contributed by atoms with van der Waals surface area (Å²) in [6, 6.07) is 3.73. The van der Waals surface area contributed by atoms with Crippen LogP contribution in [0, 0.1) is 18.3 Å². The van der Waals surface area contributed by atoms with Gasteiger partial charge in [0.25, 0.3) is 0 Å². The SMILES string of the molecule is Cc1cc2nnc3c(N)c(C#N)c(N)nc3[n+]2[nH]1. The molecule has 0 spiro atoms. The van der Waals surface area contributed by atoms with Gasteiger partial charge < -0.3 is 11.5 Å². The zero-order chi connectivity index (χ0) is 12.9. The lowest BCUT2D eigenvalue weighted by Gasteiger charge is -1.99. The third-order valence-corrected chi connectivity index (χ3v) is 2.66. The van der Waals surface area contributed by atoms with E-state index in [-0.39, 0.29) is 17.1 Å². The van der Waals surface area contributed by atoms with Crippen molar-refractivity contribution in [2.75, 3.05) is 11.5 Å². The number of nitriles is 1. The molecule has 0 atom stereocenters. The molecule has 18 heavy (non-hydrogen) atoms. The van der Waals surface area contributed by atoms with E-state index in [9.17, 15) is 0 Å². The van der Waals surface area contributed by atoms with Gasteiger partial charge in [-0.1, -0.05) is 10.1 Å². The van der Waals surface area contributed by atoms with Crippen molar-refractivity contribution in [1.82, 2.24) is 20.3 Å². The lowest BCUT2D eigenvalue weighted by atomic mass is 10.2. The Bertz CT molecular complexity index is 825. The lowest BCUT2D eigenvalue weighted by molar-refractivity contribution is -0.554. The number of pyridine rings is 1. The minimum Gasteiger partial charge on any atom is -0.395 e. The van der Waals surface area contributed by atoms with Crippen LogP contribution in [0.2, 0.25) is 0 Å². The summed E-state index contributed by atoms with van der Waals surface area (Å²) < 4.78 is 1.63. The summed E-state index contributed by atoms with van der Waals surface area (Å²) in [5, 5.41) is 20.0. The largest absolute Gasteiger partial charge is 0.395 e. The topological polar surface area (TPSA) is 134 Å². The highest BCUT2D eigenvalue weighted by molar-refractivity contribution is 5.88. The summed E-state index contributed by atoms with van der Waals surface area (Å²) in [7, 11) is 0. The summed E-state index contributed by atoms with van der Waals surface area (Å²) >= 11 is 0. The van der Waals surface area contributed by atoms with Gasteiger partial charge in [-0.2, -0.15) is 5.26 Å². The molecule has 0 aromatic carbocycles. The molecule has 0 saturated heterocycles. The Labute approximate surface area is 101 Å². The highest BCUT2D eigenvalue weighted by Gasteiger charge is 2.21. The van der Waals surface area contributed by atoms with E-state index in [2.05, 4.69) is 20.3 Å². The first-order valence-electron chi connectivity index (χ1n) is 5.14. The van der Waals surface area contributed by atoms with Crippen molar-refractivity contribution in [2.24, 2.45) is 0 Å². The zero-order valence-corrected chi connectivity index (χ0v) is 9.47. The predicted molar refractivity (Wildman–Crippen MR) is 63.1 cm³/mol. The number of nitrogens with one attached hydrogen (secondary N) is 1. The number of H-pyrrole nitrogens is 1. The van der Waals surface area contributed by atoms with Gasteiger partial charge in [0.2, 0.25) is 11.3 Å². The number of nitrogen functional groups attached to an aromatic ring is 2. The molecule has 0 bridgehead atoms. The standard InChI is InChI=1S/C10H8N8/c1-4-2-6-15-16-8-7(12)5(3-11)9(13)14-10(8)18(6)17-4/h2H,1H3,(H4,12,13,14,15,17)/p+1. The van der Waals surface area contributed by atoms with Crippen molar-refractivity contribution in [2.45, 2.75) is 6.92 Å². The fraction of sp³-hybridized carbons (Fsp3) is 0.100. The van der Waals surface area contributed by atoms with Gasteiger partial charge in [-0.25, -0.2) is 5.10 Å². The maximum absolute atomic E-state index is 8.96. The minimum absolute atomic E-state index is 0.0801. The van der Waals surface area contributed by atoms with E-state index in [1.165, 1.54) is 0 Å². The molecular weight excluding hydrogens is 232 g/mol. The van der Waals surface area contributed by atoms with E-state index in [4.69, 9.17) is 16.7 Å². The molecule has 3 aromatic rings. The quantitative estimate of drug-likeness (QED) is 0.451. The molecular formula is C10H9N8+. The number of hydrogen-bond acceptors (Lipinski definition) is 6. The van der Waals surface area contributed by atoms with E-state index in [0.29, 0.717) is 16.8 Å².